The summed E-state index contributed by atoms with van der Waals surface area (Å²) in [5.41, 5.74) is 1.73. The number of Topliss-reactive ketones (excluding diaryl/α,β-unsaturated/α-hetero) is 1. The van der Waals surface area contributed by atoms with Gasteiger partial charge in [-0.05, 0) is 61.7 Å². The lowest BCUT2D eigenvalue weighted by Gasteiger charge is -2.56. The van der Waals surface area contributed by atoms with E-state index in [2.05, 4.69) is 27.0 Å². The molecule has 0 amide bonds. The number of hydrogen-bond donors (Lipinski definition) is 1. The summed E-state index contributed by atoms with van der Waals surface area (Å²) in [6.45, 7) is 7.21. The fourth-order valence-corrected chi connectivity index (χ4v) is 8.34. The van der Waals surface area contributed by atoms with Gasteiger partial charge in [-0.25, -0.2) is 0 Å². The zero-order valence-corrected chi connectivity index (χ0v) is 17.5. The molecule has 0 unspecified atom stereocenters. The molecule has 3 saturated carbocycles. The largest absolute Gasteiger partial charge is 0.393 e. The van der Waals surface area contributed by atoms with Gasteiger partial charge in [-0.3, -0.25) is 4.79 Å². The number of likely N-dealkylation sites (tertiary alicyclic amines) is 1. The second-order valence-corrected chi connectivity index (χ2v) is 11.4. The maximum absolute atomic E-state index is 13.7. The molecule has 0 aromatic heterocycles. The molecule has 4 aliphatic carbocycles. The van der Waals surface area contributed by atoms with E-state index in [0.717, 1.165) is 48.9 Å². The van der Waals surface area contributed by atoms with Crippen LogP contribution in [0.4, 0.5) is 0 Å². The Balaban J connectivity index is 1.47. The second kappa shape index (κ2) is 5.92. The molecule has 4 fully saturated rings. The van der Waals surface area contributed by atoms with Crippen LogP contribution in [0.5, 0.6) is 0 Å². The van der Waals surface area contributed by atoms with Crippen LogP contribution in [0.3, 0.4) is 0 Å². The predicted molar refractivity (Wildman–Crippen MR) is 107 cm³/mol. The third-order valence-electron chi connectivity index (χ3n) is 10.2. The van der Waals surface area contributed by atoms with Gasteiger partial charge in [-0.1, -0.05) is 25.5 Å². The third kappa shape index (κ3) is 2.43. The number of carbonyl (C=O) groups excluding carboxylic acids is 1. The Morgan fingerprint density at radius 3 is 2.52 bits per heavy atom. The first kappa shape index (κ1) is 18.4. The Bertz CT molecular complexity index is 678. The number of fused-ring (bicyclic) bond motifs is 5. The van der Waals surface area contributed by atoms with Crippen LogP contribution in [-0.2, 0) is 4.79 Å². The zero-order valence-electron chi connectivity index (χ0n) is 17.5. The van der Waals surface area contributed by atoms with Crippen molar-refractivity contribution in [1.29, 1.82) is 0 Å². The highest BCUT2D eigenvalue weighted by atomic mass is 16.3. The standard InChI is InChI=1S/C24H38NO2/c1-23-10-8-17(26)14-16(23)6-7-18-19(23)9-11-24(2)20(18)15-21(22(24)27)25(3)12-4-5-13-25/h6,17-21,26H,4-5,7-15H2,1-3H3/q+1/t17-,18+,19-,20-,21-,23-,24-/m0/s1. The molecule has 1 heterocycles. The summed E-state index contributed by atoms with van der Waals surface area (Å²) < 4.78 is 1.02. The lowest BCUT2D eigenvalue weighted by Crippen LogP contribution is -2.54. The van der Waals surface area contributed by atoms with Gasteiger partial charge in [0.25, 0.3) is 0 Å². The van der Waals surface area contributed by atoms with Gasteiger partial charge < -0.3 is 9.59 Å². The highest BCUT2D eigenvalue weighted by molar-refractivity contribution is 5.91. The van der Waals surface area contributed by atoms with Gasteiger partial charge in [-0.2, -0.15) is 0 Å². The summed E-state index contributed by atoms with van der Waals surface area (Å²) in [4.78, 5) is 13.7. The normalized spacial score (nSPS) is 51.3. The van der Waals surface area contributed by atoms with Gasteiger partial charge in [0.1, 0.15) is 6.04 Å². The molecule has 0 aromatic carbocycles. The number of likely N-dealkylation sites (N-methyl/N-ethyl adjacent to an activating group) is 1. The Labute approximate surface area is 164 Å². The molecule has 1 N–H and O–H groups in total. The molecule has 7 atom stereocenters. The van der Waals surface area contributed by atoms with E-state index < -0.39 is 0 Å². The third-order valence-corrected chi connectivity index (χ3v) is 10.2. The second-order valence-electron chi connectivity index (χ2n) is 11.4. The summed E-state index contributed by atoms with van der Waals surface area (Å²) in [6, 6.07) is 0.257. The van der Waals surface area contributed by atoms with Gasteiger partial charge in [0.05, 0.1) is 26.2 Å². The van der Waals surface area contributed by atoms with Gasteiger partial charge in [-0.15, -0.1) is 0 Å². The van der Waals surface area contributed by atoms with E-state index in [4.69, 9.17) is 0 Å². The van der Waals surface area contributed by atoms with Crippen molar-refractivity contribution in [3.8, 4) is 0 Å². The van der Waals surface area contributed by atoms with Crippen molar-refractivity contribution in [2.45, 2.75) is 83.8 Å². The van der Waals surface area contributed by atoms with Crippen LogP contribution in [0.2, 0.25) is 0 Å². The monoisotopic (exact) mass is 372 g/mol. The zero-order chi connectivity index (χ0) is 19.0. The average molecular weight is 373 g/mol. The minimum Gasteiger partial charge on any atom is -0.393 e. The molecule has 3 heteroatoms. The number of ketones is 1. The average Bonchev–Trinajstić information content (AvgIpc) is 3.18. The Kier molecular flexibility index (Phi) is 4.03. The van der Waals surface area contributed by atoms with E-state index in [1.54, 1.807) is 0 Å². The van der Waals surface area contributed by atoms with E-state index in [0.29, 0.717) is 17.6 Å². The molecule has 0 bridgehead atoms. The Hall–Kier alpha value is -0.670. The number of aliphatic hydroxyl groups excluding tert-OH is 1. The number of quaternary nitrogens is 1. The SMILES string of the molecule is C[C@]12CC[C@H](O)CC1=CC[C@@H]1[C@@H]2CC[C@]2(C)C(=O)[C@@H]([N+]3(C)CCCC3)C[C@@H]12. The minimum absolute atomic E-state index is 0.0778. The van der Waals surface area contributed by atoms with Crippen molar-refractivity contribution in [2.24, 2.45) is 28.6 Å². The van der Waals surface area contributed by atoms with Gasteiger partial charge in [0.15, 0.2) is 5.78 Å². The molecular weight excluding hydrogens is 334 g/mol. The molecular formula is C24H38NO2+. The molecule has 5 rings (SSSR count). The van der Waals surface area contributed by atoms with E-state index in [1.807, 2.05) is 0 Å². The van der Waals surface area contributed by atoms with Gasteiger partial charge in [0.2, 0.25) is 0 Å². The van der Waals surface area contributed by atoms with Crippen molar-refractivity contribution in [3.63, 3.8) is 0 Å². The minimum atomic E-state index is -0.133. The van der Waals surface area contributed by atoms with E-state index in [-0.39, 0.29) is 23.0 Å². The van der Waals surface area contributed by atoms with Crippen molar-refractivity contribution < 1.29 is 14.4 Å². The lowest BCUT2D eigenvalue weighted by molar-refractivity contribution is -0.912. The summed E-state index contributed by atoms with van der Waals surface area (Å²) in [5, 5.41) is 10.2. The number of nitrogens with zero attached hydrogens (tertiary/aromatic N) is 1. The smallest absolute Gasteiger partial charge is 0.196 e. The van der Waals surface area contributed by atoms with Crippen LogP contribution in [0, 0.1) is 28.6 Å². The van der Waals surface area contributed by atoms with Crippen LogP contribution >= 0.6 is 0 Å². The number of hydrogen-bond acceptors (Lipinski definition) is 2. The van der Waals surface area contributed by atoms with Gasteiger partial charge >= 0.3 is 0 Å². The van der Waals surface area contributed by atoms with Crippen molar-refractivity contribution in [2.75, 3.05) is 20.1 Å². The molecule has 1 aliphatic heterocycles. The van der Waals surface area contributed by atoms with Gasteiger partial charge in [0, 0.05) is 24.7 Å². The maximum Gasteiger partial charge on any atom is 0.196 e. The molecule has 27 heavy (non-hydrogen) atoms. The summed E-state index contributed by atoms with van der Waals surface area (Å²) in [5.74, 6) is 2.58. The highest BCUT2D eigenvalue weighted by Gasteiger charge is 2.64. The van der Waals surface area contributed by atoms with Crippen molar-refractivity contribution >= 4 is 5.78 Å². The first-order valence-electron chi connectivity index (χ1n) is 11.5. The topological polar surface area (TPSA) is 37.3 Å². The van der Waals surface area contributed by atoms with E-state index >= 15 is 0 Å². The summed E-state index contributed by atoms with van der Waals surface area (Å²) in [7, 11) is 2.36. The van der Waals surface area contributed by atoms with Crippen LogP contribution in [0.15, 0.2) is 11.6 Å². The fourth-order valence-electron chi connectivity index (χ4n) is 8.34. The molecule has 5 aliphatic rings. The van der Waals surface area contributed by atoms with E-state index in [1.165, 1.54) is 37.9 Å². The molecule has 150 valence electrons. The molecule has 1 saturated heterocycles. The number of carbonyl (C=O) groups is 1. The molecule has 0 spiro atoms. The first-order valence-corrected chi connectivity index (χ1v) is 11.5. The maximum atomic E-state index is 13.7. The van der Waals surface area contributed by atoms with E-state index in [9.17, 15) is 9.90 Å². The summed E-state index contributed by atoms with van der Waals surface area (Å²) in [6.07, 6.45) is 12.5. The van der Waals surface area contributed by atoms with Crippen LogP contribution < -0.4 is 0 Å². The number of rotatable bonds is 1. The Morgan fingerprint density at radius 2 is 1.78 bits per heavy atom. The summed E-state index contributed by atoms with van der Waals surface area (Å²) >= 11 is 0. The van der Waals surface area contributed by atoms with Crippen LogP contribution in [-0.4, -0.2) is 47.7 Å². The highest BCUT2D eigenvalue weighted by Crippen LogP contribution is 2.64. The number of allylic oxidation sites excluding steroid dienone is 1. The molecule has 3 nitrogen and oxygen atoms in total. The Morgan fingerprint density at radius 1 is 1.07 bits per heavy atom. The quantitative estimate of drug-likeness (QED) is 0.556. The predicted octanol–water partition coefficient (Wildman–Crippen LogP) is 4.10. The van der Waals surface area contributed by atoms with Crippen LogP contribution in [0.25, 0.3) is 0 Å². The lowest BCUT2D eigenvalue weighted by atomic mass is 9.48. The molecule has 0 aromatic rings. The van der Waals surface area contributed by atoms with Crippen LogP contribution in [0.1, 0.15) is 71.6 Å². The van der Waals surface area contributed by atoms with Crippen molar-refractivity contribution in [1.82, 2.24) is 0 Å². The number of aliphatic hydroxyl groups is 1. The first-order chi connectivity index (χ1) is 12.8. The van der Waals surface area contributed by atoms with Crippen molar-refractivity contribution in [3.05, 3.63) is 11.6 Å². The molecule has 0 radical (unpaired) electrons. The fraction of sp³-hybridized carbons (Fsp3) is 0.875.